The highest BCUT2D eigenvalue weighted by atomic mass is 16.5. The van der Waals surface area contributed by atoms with Crippen molar-refractivity contribution in [2.24, 2.45) is 0 Å². The molecule has 0 spiro atoms. The zero-order chi connectivity index (χ0) is 11.8. The Hall–Kier alpha value is -1.73. The fourth-order valence-electron chi connectivity index (χ4n) is 1.23. The van der Waals surface area contributed by atoms with Gasteiger partial charge in [0.25, 0.3) is 0 Å². The summed E-state index contributed by atoms with van der Waals surface area (Å²) in [7, 11) is 1.34. The van der Waals surface area contributed by atoms with Gasteiger partial charge >= 0.3 is 5.97 Å². The molecule has 0 aliphatic heterocycles. The molecule has 1 aromatic heterocycles. The van der Waals surface area contributed by atoms with Gasteiger partial charge in [-0.25, -0.2) is 4.79 Å². The molecular weight excluding hydrogens is 206 g/mol. The van der Waals surface area contributed by atoms with Crippen LogP contribution in [0, 0.1) is 12.3 Å². The summed E-state index contributed by atoms with van der Waals surface area (Å²) in [6.45, 7) is 1.42. The molecular formula is C12H15NO3. The van der Waals surface area contributed by atoms with Gasteiger partial charge in [-0.05, 0) is 19.0 Å². The smallest absolute Gasteiger partial charge is 0.341 e. The number of carbonyl (C=O) groups is 1. The Bertz CT molecular complexity index is 376. The van der Waals surface area contributed by atoms with E-state index in [0.29, 0.717) is 17.9 Å². The van der Waals surface area contributed by atoms with E-state index in [0.717, 1.165) is 19.4 Å². The zero-order valence-electron chi connectivity index (χ0n) is 9.29. The van der Waals surface area contributed by atoms with Crippen LogP contribution in [0.2, 0.25) is 0 Å². The van der Waals surface area contributed by atoms with Gasteiger partial charge in [0.15, 0.2) is 0 Å². The largest absolute Gasteiger partial charge is 0.467 e. The second kappa shape index (κ2) is 6.70. The molecule has 4 nitrogen and oxygen atoms in total. The average Bonchev–Trinajstić information content (AvgIpc) is 2.76. The first-order valence-corrected chi connectivity index (χ1v) is 5.08. The molecule has 4 heteroatoms. The number of ether oxygens (including phenoxy) is 1. The van der Waals surface area contributed by atoms with E-state index in [1.165, 1.54) is 13.4 Å². The molecule has 0 radical (unpaired) electrons. The maximum atomic E-state index is 11.1. The number of methoxy groups -OCH3 is 1. The summed E-state index contributed by atoms with van der Waals surface area (Å²) in [6.07, 6.45) is 8.21. The van der Waals surface area contributed by atoms with Crippen molar-refractivity contribution in [2.45, 2.75) is 19.4 Å². The molecule has 1 N–H and O–H groups in total. The topological polar surface area (TPSA) is 51.5 Å². The minimum Gasteiger partial charge on any atom is -0.467 e. The molecule has 0 saturated carbocycles. The first-order chi connectivity index (χ1) is 7.77. The Morgan fingerprint density at radius 1 is 1.69 bits per heavy atom. The zero-order valence-corrected chi connectivity index (χ0v) is 9.29. The molecule has 1 rings (SSSR count). The van der Waals surface area contributed by atoms with Gasteiger partial charge in [-0.3, -0.25) is 0 Å². The van der Waals surface area contributed by atoms with Crippen molar-refractivity contribution < 1.29 is 13.9 Å². The van der Waals surface area contributed by atoms with Gasteiger partial charge in [0.05, 0.1) is 19.2 Å². The first kappa shape index (κ1) is 12.3. The summed E-state index contributed by atoms with van der Waals surface area (Å²) in [5, 5.41) is 3.17. The molecule has 0 bridgehead atoms. The maximum absolute atomic E-state index is 11.1. The molecule has 0 aliphatic carbocycles. The van der Waals surface area contributed by atoms with Crippen molar-refractivity contribution >= 4 is 5.97 Å². The average molecular weight is 221 g/mol. The molecule has 1 aromatic rings. The van der Waals surface area contributed by atoms with E-state index in [9.17, 15) is 4.79 Å². The summed E-state index contributed by atoms with van der Waals surface area (Å²) in [5.41, 5.74) is 0.433. The number of nitrogens with one attached hydrogen (secondary N) is 1. The lowest BCUT2D eigenvalue weighted by Crippen LogP contribution is -2.13. The molecule has 0 saturated heterocycles. The minimum absolute atomic E-state index is 0.387. The van der Waals surface area contributed by atoms with Crippen LogP contribution in [0.15, 0.2) is 16.7 Å². The van der Waals surface area contributed by atoms with E-state index in [4.69, 9.17) is 10.8 Å². The number of hydrogen-bond donors (Lipinski definition) is 1. The number of esters is 1. The highest BCUT2D eigenvalue weighted by Gasteiger charge is 2.09. The molecule has 0 aliphatic rings. The van der Waals surface area contributed by atoms with Crippen molar-refractivity contribution in [3.05, 3.63) is 23.7 Å². The quantitative estimate of drug-likeness (QED) is 0.450. The maximum Gasteiger partial charge on any atom is 0.341 e. The number of rotatable bonds is 6. The summed E-state index contributed by atoms with van der Waals surface area (Å²) < 4.78 is 9.76. The highest BCUT2D eigenvalue weighted by molar-refractivity contribution is 5.88. The highest BCUT2D eigenvalue weighted by Crippen LogP contribution is 2.08. The minimum atomic E-state index is -0.387. The van der Waals surface area contributed by atoms with E-state index in [1.807, 2.05) is 0 Å². The van der Waals surface area contributed by atoms with E-state index in [-0.39, 0.29) is 5.97 Å². The number of hydrogen-bond acceptors (Lipinski definition) is 4. The van der Waals surface area contributed by atoms with Crippen molar-refractivity contribution in [1.82, 2.24) is 5.32 Å². The SMILES string of the molecule is C#CCCCNCc1cc(C(=O)OC)co1. The van der Waals surface area contributed by atoms with Gasteiger partial charge in [0.2, 0.25) is 0 Å². The summed E-state index contributed by atoms with van der Waals surface area (Å²) in [4.78, 5) is 11.1. The second-order valence-electron chi connectivity index (χ2n) is 3.28. The van der Waals surface area contributed by atoms with Crippen LogP contribution in [-0.4, -0.2) is 19.6 Å². The Morgan fingerprint density at radius 3 is 3.19 bits per heavy atom. The fourth-order valence-corrected chi connectivity index (χ4v) is 1.23. The molecule has 16 heavy (non-hydrogen) atoms. The number of terminal acetylenes is 1. The summed E-state index contributed by atoms with van der Waals surface area (Å²) in [5.74, 6) is 2.89. The Balaban J connectivity index is 2.30. The Labute approximate surface area is 95.0 Å². The fraction of sp³-hybridized carbons (Fsp3) is 0.417. The van der Waals surface area contributed by atoms with Crippen molar-refractivity contribution in [2.75, 3.05) is 13.7 Å². The van der Waals surface area contributed by atoms with Gasteiger partial charge in [0, 0.05) is 6.42 Å². The third-order valence-corrected chi connectivity index (χ3v) is 2.05. The van der Waals surface area contributed by atoms with Crippen LogP contribution >= 0.6 is 0 Å². The predicted octanol–water partition coefficient (Wildman–Crippen LogP) is 1.57. The summed E-state index contributed by atoms with van der Waals surface area (Å²) in [6, 6.07) is 1.67. The van der Waals surface area contributed by atoms with Crippen LogP contribution in [0.4, 0.5) is 0 Å². The van der Waals surface area contributed by atoms with Gasteiger partial charge < -0.3 is 14.5 Å². The van der Waals surface area contributed by atoms with Crippen LogP contribution in [-0.2, 0) is 11.3 Å². The third kappa shape index (κ3) is 3.79. The lowest BCUT2D eigenvalue weighted by molar-refractivity contribution is 0.0600. The van der Waals surface area contributed by atoms with Crippen molar-refractivity contribution in [3.8, 4) is 12.3 Å². The summed E-state index contributed by atoms with van der Waals surface area (Å²) >= 11 is 0. The van der Waals surface area contributed by atoms with Gasteiger partial charge in [-0.1, -0.05) is 0 Å². The normalized spacial score (nSPS) is 9.75. The van der Waals surface area contributed by atoms with Crippen LogP contribution in [0.5, 0.6) is 0 Å². The third-order valence-electron chi connectivity index (χ3n) is 2.05. The van der Waals surface area contributed by atoms with E-state index in [2.05, 4.69) is 16.0 Å². The number of carbonyl (C=O) groups excluding carboxylic acids is 1. The molecule has 0 unspecified atom stereocenters. The second-order valence-corrected chi connectivity index (χ2v) is 3.28. The molecule has 1 heterocycles. The first-order valence-electron chi connectivity index (χ1n) is 5.08. The standard InChI is InChI=1S/C12H15NO3/c1-3-4-5-6-13-8-11-7-10(9-16-11)12(14)15-2/h1,7,9,13H,4-6,8H2,2H3. The molecule has 0 aromatic carbocycles. The molecule has 0 amide bonds. The van der Waals surface area contributed by atoms with E-state index >= 15 is 0 Å². The van der Waals surface area contributed by atoms with Gasteiger partial charge in [0.1, 0.15) is 12.0 Å². The number of unbranched alkanes of at least 4 members (excludes halogenated alkanes) is 1. The van der Waals surface area contributed by atoms with Crippen LogP contribution in [0.3, 0.4) is 0 Å². The Morgan fingerprint density at radius 2 is 2.50 bits per heavy atom. The Kier molecular flexibility index (Phi) is 5.17. The molecule has 0 atom stereocenters. The van der Waals surface area contributed by atoms with Crippen LogP contribution in [0.1, 0.15) is 29.0 Å². The van der Waals surface area contributed by atoms with Crippen LogP contribution in [0.25, 0.3) is 0 Å². The van der Waals surface area contributed by atoms with Gasteiger partial charge in [-0.2, -0.15) is 0 Å². The predicted molar refractivity (Wildman–Crippen MR) is 59.8 cm³/mol. The van der Waals surface area contributed by atoms with E-state index < -0.39 is 0 Å². The molecule has 86 valence electrons. The van der Waals surface area contributed by atoms with Crippen molar-refractivity contribution in [1.29, 1.82) is 0 Å². The lowest BCUT2D eigenvalue weighted by atomic mass is 10.3. The van der Waals surface area contributed by atoms with Crippen molar-refractivity contribution in [3.63, 3.8) is 0 Å². The van der Waals surface area contributed by atoms with Gasteiger partial charge in [-0.15, -0.1) is 12.3 Å². The number of furan rings is 1. The molecule has 0 fully saturated rings. The monoisotopic (exact) mass is 221 g/mol. The van der Waals surface area contributed by atoms with Crippen LogP contribution < -0.4 is 5.32 Å². The lowest BCUT2D eigenvalue weighted by Gasteiger charge is -1.99. The van der Waals surface area contributed by atoms with E-state index in [1.54, 1.807) is 6.07 Å².